The number of benzene rings is 1. The summed E-state index contributed by atoms with van der Waals surface area (Å²) in [5.74, 6) is -0.0535. The minimum Gasteiger partial charge on any atom is -0.388 e. The van der Waals surface area contributed by atoms with Crippen molar-refractivity contribution in [2.45, 2.75) is 43.7 Å². The molecule has 2 heterocycles. The number of carbonyl (C=O) groups excluding carboxylic acids is 1. The topological polar surface area (TPSA) is 165 Å². The van der Waals surface area contributed by atoms with Crippen LogP contribution in [0.15, 0.2) is 36.9 Å². The minimum atomic E-state index is -1.14. The number of nitrogens with two attached hydrogens (primary N) is 2. The van der Waals surface area contributed by atoms with E-state index in [1.54, 1.807) is 28.8 Å². The van der Waals surface area contributed by atoms with Crippen LogP contribution in [0.1, 0.15) is 34.8 Å². The van der Waals surface area contributed by atoms with Gasteiger partial charge >= 0.3 is 0 Å². The number of fused-ring (bicyclic) bond motifs is 1. The van der Waals surface area contributed by atoms with Crippen molar-refractivity contribution in [3.63, 3.8) is 0 Å². The maximum Gasteiger partial charge on any atom is 0.251 e. The van der Waals surface area contributed by atoms with Crippen LogP contribution in [0.25, 0.3) is 11.2 Å². The predicted octanol–water partition coefficient (Wildman–Crippen LogP) is -0.277. The highest BCUT2D eigenvalue weighted by Crippen LogP contribution is 2.32. The zero-order chi connectivity index (χ0) is 20.5. The van der Waals surface area contributed by atoms with E-state index >= 15 is 0 Å². The monoisotopic (exact) mass is 397 g/mol. The summed E-state index contributed by atoms with van der Waals surface area (Å²) >= 11 is 0. The Kier molecular flexibility index (Phi) is 5.14. The molecule has 29 heavy (non-hydrogen) atoms. The second-order valence-electron chi connectivity index (χ2n) is 7.19. The Morgan fingerprint density at radius 3 is 2.62 bits per heavy atom. The van der Waals surface area contributed by atoms with Gasteiger partial charge in [0, 0.05) is 12.1 Å². The summed E-state index contributed by atoms with van der Waals surface area (Å²) in [6.07, 6.45) is 1.62. The molecule has 1 aliphatic carbocycles. The Labute approximate surface area is 166 Å². The molecule has 2 aromatic heterocycles. The number of nitrogen functional groups attached to an aromatic ring is 1. The molecular weight excluding hydrogens is 374 g/mol. The molecule has 1 saturated carbocycles. The summed E-state index contributed by atoms with van der Waals surface area (Å²) < 4.78 is 1.70. The van der Waals surface area contributed by atoms with Crippen LogP contribution >= 0.6 is 0 Å². The summed E-state index contributed by atoms with van der Waals surface area (Å²) in [5, 5.41) is 24.2. The summed E-state index contributed by atoms with van der Waals surface area (Å²) in [7, 11) is 0. The first-order chi connectivity index (χ1) is 14.0. The predicted molar refractivity (Wildman–Crippen MR) is 106 cm³/mol. The van der Waals surface area contributed by atoms with Crippen LogP contribution in [-0.2, 0) is 6.54 Å². The number of amides is 1. The number of aromatic nitrogens is 4. The summed E-state index contributed by atoms with van der Waals surface area (Å²) in [4.78, 5) is 24.8. The minimum absolute atomic E-state index is 0.255. The molecule has 0 unspecified atom stereocenters. The number of imidazole rings is 1. The number of nitrogens with zero attached hydrogens (tertiary/aromatic N) is 4. The average molecular weight is 397 g/mol. The number of nitrogens with one attached hydrogen (secondary N) is 1. The Balaban J connectivity index is 1.48. The van der Waals surface area contributed by atoms with Gasteiger partial charge in [-0.05, 0) is 30.5 Å². The van der Waals surface area contributed by atoms with Gasteiger partial charge in [0.15, 0.2) is 11.5 Å². The Morgan fingerprint density at radius 1 is 1.14 bits per heavy atom. The number of rotatable bonds is 4. The molecule has 10 nitrogen and oxygen atoms in total. The number of aliphatic hydroxyl groups is 2. The number of anilines is 1. The van der Waals surface area contributed by atoms with Crippen molar-refractivity contribution in [1.82, 2.24) is 24.8 Å². The van der Waals surface area contributed by atoms with Crippen molar-refractivity contribution in [2.24, 2.45) is 5.73 Å². The molecule has 0 aliphatic heterocycles. The second kappa shape index (κ2) is 7.74. The van der Waals surface area contributed by atoms with E-state index in [9.17, 15) is 15.0 Å². The molecule has 4 atom stereocenters. The third-order valence-corrected chi connectivity index (χ3v) is 5.44. The van der Waals surface area contributed by atoms with Crippen molar-refractivity contribution in [1.29, 1.82) is 0 Å². The number of hydrogen-bond acceptors (Lipinski definition) is 8. The maximum atomic E-state index is 12.5. The van der Waals surface area contributed by atoms with E-state index in [2.05, 4.69) is 20.3 Å². The molecule has 0 bridgehead atoms. The average Bonchev–Trinajstić information content (AvgIpc) is 3.17. The number of carbonyl (C=O) groups is 1. The molecular formula is C19H23N7O3. The molecule has 3 aromatic rings. The summed E-state index contributed by atoms with van der Waals surface area (Å²) in [6.45, 7) is 0.399. The fourth-order valence-corrected chi connectivity index (χ4v) is 3.78. The largest absolute Gasteiger partial charge is 0.388 e. The van der Waals surface area contributed by atoms with Crippen molar-refractivity contribution in [2.75, 3.05) is 5.73 Å². The van der Waals surface area contributed by atoms with Crippen molar-refractivity contribution < 1.29 is 15.0 Å². The molecule has 1 fully saturated rings. The van der Waals surface area contributed by atoms with Crippen molar-refractivity contribution in [3.8, 4) is 0 Å². The molecule has 0 spiro atoms. The third-order valence-electron chi connectivity index (χ3n) is 5.44. The molecule has 152 valence electrons. The van der Waals surface area contributed by atoms with Gasteiger partial charge in [0.05, 0.1) is 18.4 Å². The lowest BCUT2D eigenvalue weighted by atomic mass is 9.85. The van der Waals surface area contributed by atoms with Gasteiger partial charge in [-0.3, -0.25) is 4.79 Å². The van der Waals surface area contributed by atoms with Gasteiger partial charge in [0.1, 0.15) is 24.1 Å². The van der Waals surface area contributed by atoms with Crippen LogP contribution in [-0.4, -0.2) is 53.9 Å². The highest BCUT2D eigenvalue weighted by Gasteiger charge is 2.39. The first-order valence-corrected chi connectivity index (χ1v) is 9.38. The van der Waals surface area contributed by atoms with Crippen molar-refractivity contribution in [3.05, 3.63) is 48.0 Å². The lowest BCUT2D eigenvalue weighted by Crippen LogP contribution is -2.54. The van der Waals surface area contributed by atoms with Gasteiger partial charge in [0.2, 0.25) is 0 Å². The second-order valence-corrected chi connectivity index (χ2v) is 7.19. The Morgan fingerprint density at radius 2 is 1.90 bits per heavy atom. The van der Waals surface area contributed by atoms with Gasteiger partial charge in [0.25, 0.3) is 5.91 Å². The zero-order valence-electron chi connectivity index (χ0n) is 15.6. The smallest absolute Gasteiger partial charge is 0.251 e. The lowest BCUT2D eigenvalue weighted by Gasteiger charge is -2.38. The van der Waals surface area contributed by atoms with Crippen LogP contribution < -0.4 is 16.8 Å². The summed E-state index contributed by atoms with van der Waals surface area (Å²) in [5.41, 5.74) is 13.7. The fourth-order valence-electron chi connectivity index (χ4n) is 3.78. The van der Waals surface area contributed by atoms with Crippen LogP contribution in [0, 0.1) is 0 Å². The van der Waals surface area contributed by atoms with E-state index in [0.29, 0.717) is 36.1 Å². The molecule has 4 rings (SSSR count). The molecule has 0 radical (unpaired) electrons. The molecule has 10 heteroatoms. The van der Waals surface area contributed by atoms with E-state index in [1.807, 2.05) is 0 Å². The standard InChI is InChI=1S/C19H23N7O3/c20-7-10-1-3-11(4-2-10)19(29)25-12-5-6-13(16(28)15(12)27)26-9-24-14-17(21)22-8-23-18(14)26/h1-4,8-9,12-13,15-16,27-28H,5-7,20H2,(H,25,29)(H2,21,22,23)/t12-,13-,15-,16-/m1/s1. The quantitative estimate of drug-likeness (QED) is 0.401. The highest BCUT2D eigenvalue weighted by molar-refractivity contribution is 5.94. The SMILES string of the molecule is NCc1ccc(C(=O)N[C@@H]2CC[C@@H](n3cnc4c(N)ncnc43)[C@@H](O)[C@@H]2O)cc1. The molecule has 1 aliphatic rings. The van der Waals surface area contributed by atoms with E-state index in [-0.39, 0.29) is 11.7 Å². The van der Waals surface area contributed by atoms with Gasteiger partial charge < -0.3 is 31.6 Å². The van der Waals surface area contributed by atoms with Gasteiger partial charge in [-0.2, -0.15) is 0 Å². The van der Waals surface area contributed by atoms with E-state index in [1.165, 1.54) is 12.7 Å². The van der Waals surface area contributed by atoms with Gasteiger partial charge in [-0.25, -0.2) is 15.0 Å². The van der Waals surface area contributed by atoms with E-state index < -0.39 is 24.3 Å². The van der Waals surface area contributed by atoms with Crippen LogP contribution in [0.4, 0.5) is 5.82 Å². The Bertz CT molecular complexity index is 1020. The van der Waals surface area contributed by atoms with Crippen LogP contribution in [0.5, 0.6) is 0 Å². The molecule has 1 aromatic carbocycles. The fraction of sp³-hybridized carbons (Fsp3) is 0.368. The van der Waals surface area contributed by atoms with E-state index in [0.717, 1.165) is 5.56 Å². The zero-order valence-corrected chi connectivity index (χ0v) is 15.6. The Hall–Kier alpha value is -3.08. The number of aliphatic hydroxyl groups excluding tert-OH is 2. The van der Waals surface area contributed by atoms with Crippen molar-refractivity contribution >= 4 is 22.9 Å². The van der Waals surface area contributed by atoms with Gasteiger partial charge in [-0.15, -0.1) is 0 Å². The van der Waals surface area contributed by atoms with Crippen LogP contribution in [0.3, 0.4) is 0 Å². The normalized spacial score (nSPS) is 24.5. The molecule has 0 saturated heterocycles. The summed E-state index contributed by atoms with van der Waals surface area (Å²) in [6, 6.07) is 5.93. The van der Waals surface area contributed by atoms with E-state index in [4.69, 9.17) is 11.5 Å². The highest BCUT2D eigenvalue weighted by atomic mass is 16.3. The number of hydrogen-bond donors (Lipinski definition) is 5. The molecule has 7 N–H and O–H groups in total. The first kappa shape index (κ1) is 19.2. The van der Waals surface area contributed by atoms with Crippen LogP contribution in [0.2, 0.25) is 0 Å². The first-order valence-electron chi connectivity index (χ1n) is 9.38. The van der Waals surface area contributed by atoms with Gasteiger partial charge in [-0.1, -0.05) is 12.1 Å². The third kappa shape index (κ3) is 3.53. The molecule has 1 amide bonds. The lowest BCUT2D eigenvalue weighted by molar-refractivity contribution is -0.0552. The maximum absolute atomic E-state index is 12.5.